The summed E-state index contributed by atoms with van der Waals surface area (Å²) >= 11 is 0. The molecule has 12 nitrogen and oxygen atoms in total. The molecule has 0 spiro atoms. The molecule has 7 fully saturated rings. The van der Waals surface area contributed by atoms with Gasteiger partial charge in [0.15, 0.2) is 17.3 Å². The molecular formula is C90H156O12. The van der Waals surface area contributed by atoms with E-state index in [1.165, 1.54) is 57.8 Å². The molecule has 0 aromatic rings. The van der Waals surface area contributed by atoms with Gasteiger partial charge < -0.3 is 29.5 Å². The Kier molecular flexibility index (Phi) is 39.5. The zero-order valence-corrected chi connectivity index (χ0v) is 66.6. The van der Waals surface area contributed by atoms with Crippen molar-refractivity contribution in [3.63, 3.8) is 0 Å². The zero-order chi connectivity index (χ0) is 73.2. The average Bonchev–Trinajstić information content (AvgIpc) is 0.659. The second-order valence-electron chi connectivity index (χ2n) is 35.4. The second kappa shape index (κ2) is 46.6. The van der Waals surface area contributed by atoms with Crippen molar-refractivity contribution in [1.29, 1.82) is 0 Å². The van der Waals surface area contributed by atoms with Crippen LogP contribution in [0.2, 0.25) is 0 Å². The summed E-state index contributed by atoms with van der Waals surface area (Å²) in [5.41, 5.74) is -10.1. The van der Waals surface area contributed by atoms with Crippen LogP contribution in [0.25, 0.3) is 0 Å². The van der Waals surface area contributed by atoms with Gasteiger partial charge in [0.25, 0.3) is 5.60 Å². The van der Waals surface area contributed by atoms with E-state index in [0.717, 1.165) is 199 Å². The summed E-state index contributed by atoms with van der Waals surface area (Å²) in [5.74, 6) is -8.69. The Balaban J connectivity index is 1.44. The fourth-order valence-corrected chi connectivity index (χ4v) is 20.9. The first kappa shape index (κ1) is 86.5. The van der Waals surface area contributed by atoms with Gasteiger partial charge in [-0.05, 0) is 190 Å². The first-order valence-corrected chi connectivity index (χ1v) is 44.9. The topological polar surface area (TPSA) is 191 Å². The van der Waals surface area contributed by atoms with Gasteiger partial charge in [-0.15, -0.1) is 0 Å². The normalized spacial score (nSPS) is 33.1. The van der Waals surface area contributed by atoms with Crippen LogP contribution < -0.4 is 0 Å². The summed E-state index contributed by atoms with van der Waals surface area (Å²) in [5, 5.41) is 41.6. The highest BCUT2D eigenvalue weighted by Gasteiger charge is 2.89. The average molecular weight is 1430 g/mol. The maximum absolute atomic E-state index is 18.1. The number of hydrogen-bond acceptors (Lipinski definition) is 12. The molecule has 588 valence electrons. The largest absolute Gasteiger partial charge is 0.443 e. The number of unbranched alkanes of at least 4 members (excludes halogenated alkanes) is 24. The van der Waals surface area contributed by atoms with Crippen molar-refractivity contribution < 1.29 is 58.3 Å². The Labute approximate surface area is 623 Å². The minimum Gasteiger partial charge on any atom is -0.443 e. The van der Waals surface area contributed by atoms with E-state index in [1.807, 2.05) is 0 Å². The first-order chi connectivity index (χ1) is 49.6. The lowest BCUT2D eigenvalue weighted by molar-refractivity contribution is -0.329. The van der Waals surface area contributed by atoms with Gasteiger partial charge >= 0.3 is 17.9 Å². The molecular weight excluding hydrogens is 1270 g/mol. The van der Waals surface area contributed by atoms with E-state index in [-0.39, 0.29) is 18.8 Å². The van der Waals surface area contributed by atoms with Crippen LogP contribution in [-0.2, 0) is 43.0 Å². The standard InChI is InChI=1S/C90H156O12/c1-7-13-19-25-31-37-67-43-55-73(56-44-67)80(92)88(100-85(97)76-61-49-70(50-62-76)40-34-28-22-16-10-4)83(95)79(91)84(96)89(81(93)74-57-45-68(46-58-74)38-32-26-20-14-8-2,101-86(98)77-63-51-71(52-64-77)41-35-29-23-17-11-5)90(88,82(94)75-59-47-69(48-60-75)39-33-27-21-15-9-3)102-87(99)78-65-53-72(54-66-78)42-36-30-24-18-12-6/h67-79,83-84,91,95-96H,7-66H2,1-6H3/t67?,68?,69?,70?,71?,72?,73?,74?,75?,76?,77?,78?,79?,83-,84+,88+,89-,90?. The molecule has 12 heteroatoms. The third kappa shape index (κ3) is 23.9. The zero-order valence-electron chi connectivity index (χ0n) is 66.6. The number of ketones is 3. The lowest BCUT2D eigenvalue weighted by Gasteiger charge is -2.63. The van der Waals surface area contributed by atoms with E-state index < -0.39 is 106 Å². The smallest absolute Gasteiger partial charge is 0.310 e. The summed E-state index contributed by atoms with van der Waals surface area (Å²) in [6.07, 6.45) is 45.1. The number of ether oxygens (including phenoxy) is 3. The number of rotatable bonds is 48. The molecule has 0 aliphatic heterocycles. The molecule has 0 bridgehead atoms. The summed E-state index contributed by atoms with van der Waals surface area (Å²) in [7, 11) is 0. The van der Waals surface area contributed by atoms with Crippen LogP contribution in [-0.4, -0.2) is 85.7 Å². The van der Waals surface area contributed by atoms with E-state index in [1.54, 1.807) is 0 Å². The number of hydrogen-bond donors (Lipinski definition) is 3. The van der Waals surface area contributed by atoms with Gasteiger partial charge in [0.05, 0.1) is 17.8 Å². The Morgan fingerprint density at radius 3 is 0.647 bits per heavy atom. The molecule has 0 radical (unpaired) electrons. The monoisotopic (exact) mass is 1430 g/mol. The van der Waals surface area contributed by atoms with Crippen molar-refractivity contribution >= 4 is 35.3 Å². The van der Waals surface area contributed by atoms with Crippen LogP contribution in [0.3, 0.4) is 0 Å². The Morgan fingerprint density at radius 2 is 0.431 bits per heavy atom. The van der Waals surface area contributed by atoms with Crippen LogP contribution in [0.15, 0.2) is 0 Å². The Morgan fingerprint density at radius 1 is 0.245 bits per heavy atom. The van der Waals surface area contributed by atoms with E-state index in [0.29, 0.717) is 145 Å². The first-order valence-electron chi connectivity index (χ1n) is 44.9. The van der Waals surface area contributed by atoms with Crippen molar-refractivity contribution in [2.75, 3.05) is 0 Å². The maximum Gasteiger partial charge on any atom is 0.310 e. The quantitative estimate of drug-likeness (QED) is 0.0297. The van der Waals surface area contributed by atoms with Gasteiger partial charge in [-0.3, -0.25) is 28.8 Å². The molecule has 7 aliphatic rings. The summed E-state index contributed by atoms with van der Waals surface area (Å²) < 4.78 is 22.1. The summed E-state index contributed by atoms with van der Waals surface area (Å²) in [6, 6.07) is 0. The van der Waals surface area contributed by atoms with Crippen LogP contribution >= 0.6 is 0 Å². The molecule has 0 amide bonds. The second-order valence-corrected chi connectivity index (χ2v) is 35.4. The van der Waals surface area contributed by atoms with Crippen molar-refractivity contribution in [2.24, 2.45) is 71.0 Å². The predicted molar refractivity (Wildman–Crippen MR) is 412 cm³/mol. The number of aliphatic hydroxyl groups excluding tert-OH is 3. The molecule has 0 saturated heterocycles. The van der Waals surface area contributed by atoms with Crippen molar-refractivity contribution in [3.8, 4) is 0 Å². The fourth-order valence-electron chi connectivity index (χ4n) is 20.9. The summed E-state index contributed by atoms with van der Waals surface area (Å²) in [6.45, 7) is 13.3. The number of esters is 3. The van der Waals surface area contributed by atoms with Gasteiger partial charge in [0.1, 0.15) is 18.3 Å². The Hall–Kier alpha value is -2.70. The van der Waals surface area contributed by atoms with E-state index in [9.17, 15) is 15.3 Å². The fraction of sp³-hybridized carbons (Fsp3) is 0.933. The van der Waals surface area contributed by atoms with Crippen molar-refractivity contribution in [2.45, 2.75) is 462 Å². The van der Waals surface area contributed by atoms with Crippen molar-refractivity contribution in [1.82, 2.24) is 0 Å². The number of Topliss-reactive ketones (excluding diaryl/α,β-unsaturated/α-hetero) is 3. The van der Waals surface area contributed by atoms with E-state index in [2.05, 4.69) is 41.5 Å². The maximum atomic E-state index is 18.1. The van der Waals surface area contributed by atoms with Crippen molar-refractivity contribution in [3.05, 3.63) is 0 Å². The third-order valence-electron chi connectivity index (χ3n) is 27.9. The van der Waals surface area contributed by atoms with E-state index in [4.69, 9.17) is 14.2 Å². The minimum absolute atomic E-state index is 0.274. The molecule has 7 rings (SSSR count). The van der Waals surface area contributed by atoms with Gasteiger partial charge in [0, 0.05) is 17.8 Å². The molecule has 102 heavy (non-hydrogen) atoms. The van der Waals surface area contributed by atoms with Crippen LogP contribution in [0.5, 0.6) is 0 Å². The number of carbonyl (C=O) groups is 6. The van der Waals surface area contributed by atoms with Crippen LogP contribution in [0.1, 0.15) is 427 Å². The van der Waals surface area contributed by atoms with Crippen LogP contribution in [0, 0.1) is 71.0 Å². The van der Waals surface area contributed by atoms with Gasteiger partial charge in [-0.2, -0.15) is 0 Å². The molecule has 2 unspecified atom stereocenters. The number of aliphatic hydroxyl groups is 3. The molecule has 0 aromatic carbocycles. The molecule has 0 aromatic heterocycles. The van der Waals surface area contributed by atoms with Gasteiger partial charge in [-0.25, -0.2) is 0 Å². The SMILES string of the molecule is CCCCCCCC1CCC(C(=O)OC2(C(=O)C3CCC(CCCCCCC)CC3)[C@@](OC(=O)C3CCC(CCCCCCC)CC3)(C(=O)C3CCC(CCCCCCC)CC3)[C@@H](O)C(O)[C@@H](O)[C@@]2(OC(=O)C2CCC(CCCCCCC)CC2)C(=O)C2CCC(CCCCCCC)CC2)CC1. The predicted octanol–water partition coefficient (Wildman–Crippen LogP) is 22.6. The highest BCUT2D eigenvalue weighted by molar-refractivity contribution is 6.12. The molecule has 7 saturated carbocycles. The third-order valence-corrected chi connectivity index (χ3v) is 27.9. The van der Waals surface area contributed by atoms with Gasteiger partial charge in [0.2, 0.25) is 11.2 Å². The van der Waals surface area contributed by atoms with Gasteiger partial charge in [-0.1, -0.05) is 273 Å². The number of carbonyl (C=O) groups excluding carboxylic acids is 6. The highest BCUT2D eigenvalue weighted by atomic mass is 16.7. The van der Waals surface area contributed by atoms with E-state index >= 15 is 28.8 Å². The molecule has 0 heterocycles. The Bertz CT molecular complexity index is 2250. The van der Waals surface area contributed by atoms with Crippen LogP contribution in [0.4, 0.5) is 0 Å². The highest BCUT2D eigenvalue weighted by Crippen LogP contribution is 2.59. The molecule has 7 aliphatic carbocycles. The minimum atomic E-state index is -3.44. The molecule has 6 atom stereocenters. The lowest BCUT2D eigenvalue weighted by atomic mass is 9.49. The molecule has 3 N–H and O–H groups in total. The lowest BCUT2D eigenvalue weighted by Crippen LogP contribution is -2.92. The summed E-state index contributed by atoms with van der Waals surface area (Å²) in [4.78, 5) is 103.